The zero-order chi connectivity index (χ0) is 15.8. The molecule has 0 bridgehead atoms. The van der Waals surface area contributed by atoms with Crippen molar-refractivity contribution >= 4 is 12.0 Å². The summed E-state index contributed by atoms with van der Waals surface area (Å²) < 4.78 is 16.1. The largest absolute Gasteiger partial charge is 0.469 e. The first kappa shape index (κ1) is 16.7. The summed E-state index contributed by atoms with van der Waals surface area (Å²) in [5.41, 5.74) is 1.15. The van der Waals surface area contributed by atoms with Crippen molar-refractivity contribution in [3.63, 3.8) is 0 Å². The Labute approximate surface area is 132 Å². The number of carbonyl (C=O) groups excluding carboxylic acids is 1. The molecule has 0 radical (unpaired) electrons. The third-order valence-corrected chi connectivity index (χ3v) is 3.98. The van der Waals surface area contributed by atoms with Crippen LogP contribution in [0.25, 0.3) is 6.08 Å². The number of hydrogen-bond donors (Lipinski definition) is 0. The summed E-state index contributed by atoms with van der Waals surface area (Å²) in [6.45, 7) is 0.608. The molecule has 1 fully saturated rings. The van der Waals surface area contributed by atoms with Crippen molar-refractivity contribution in [2.24, 2.45) is 5.92 Å². The molecule has 0 aliphatic carbocycles. The molecule has 0 unspecified atom stereocenters. The molecule has 1 aliphatic rings. The Kier molecular flexibility index (Phi) is 6.62. The lowest BCUT2D eigenvalue weighted by Crippen LogP contribution is -2.38. The van der Waals surface area contributed by atoms with Crippen LogP contribution in [0.5, 0.6) is 0 Å². The van der Waals surface area contributed by atoms with E-state index in [1.54, 1.807) is 7.11 Å². The molecule has 0 N–H and O–H groups in total. The lowest BCUT2D eigenvalue weighted by molar-refractivity contribution is -0.149. The first-order valence-corrected chi connectivity index (χ1v) is 7.67. The predicted octanol–water partition coefficient (Wildman–Crippen LogP) is 3.07. The fourth-order valence-corrected chi connectivity index (χ4v) is 2.76. The predicted molar refractivity (Wildman–Crippen MR) is 85.4 cm³/mol. The highest BCUT2D eigenvalue weighted by molar-refractivity contribution is 5.69. The maximum Gasteiger partial charge on any atom is 0.308 e. The monoisotopic (exact) mass is 304 g/mol. The van der Waals surface area contributed by atoms with Crippen molar-refractivity contribution in [3.05, 3.63) is 42.0 Å². The van der Waals surface area contributed by atoms with Gasteiger partial charge in [0.15, 0.2) is 0 Å². The van der Waals surface area contributed by atoms with Gasteiger partial charge in [0.05, 0.1) is 32.3 Å². The fraction of sp³-hybridized carbons (Fsp3) is 0.500. The SMILES string of the molecule is COC[C@H]1CC[C@H](/C=C/c2ccccc2)O[C@H]1CC(=O)OC. The van der Waals surface area contributed by atoms with E-state index in [2.05, 4.69) is 24.3 Å². The Balaban J connectivity index is 1.97. The Bertz CT molecular complexity index is 483. The lowest BCUT2D eigenvalue weighted by atomic mass is 9.90. The number of rotatable bonds is 6. The molecule has 0 aromatic heterocycles. The van der Waals surface area contributed by atoms with Crippen LogP contribution in [-0.4, -0.2) is 39.0 Å². The van der Waals surface area contributed by atoms with Gasteiger partial charge < -0.3 is 14.2 Å². The molecule has 1 heterocycles. The van der Waals surface area contributed by atoms with E-state index in [0.29, 0.717) is 6.61 Å². The van der Waals surface area contributed by atoms with Gasteiger partial charge in [0, 0.05) is 13.0 Å². The van der Waals surface area contributed by atoms with Gasteiger partial charge in [0.1, 0.15) is 0 Å². The normalized spacial score (nSPS) is 25.3. The van der Waals surface area contributed by atoms with Crippen molar-refractivity contribution in [3.8, 4) is 0 Å². The molecule has 1 aromatic rings. The first-order valence-electron chi connectivity index (χ1n) is 7.67. The van der Waals surface area contributed by atoms with Crippen LogP contribution in [0.4, 0.5) is 0 Å². The van der Waals surface area contributed by atoms with Crippen LogP contribution in [0.2, 0.25) is 0 Å². The number of methoxy groups -OCH3 is 2. The second-order valence-electron chi connectivity index (χ2n) is 5.56. The topological polar surface area (TPSA) is 44.8 Å². The minimum atomic E-state index is -0.237. The molecule has 4 nitrogen and oxygen atoms in total. The smallest absolute Gasteiger partial charge is 0.308 e. The summed E-state index contributed by atoms with van der Waals surface area (Å²) in [5.74, 6) is 0.00395. The van der Waals surface area contributed by atoms with Gasteiger partial charge in [-0.2, -0.15) is 0 Å². The van der Waals surface area contributed by atoms with Crippen molar-refractivity contribution in [1.82, 2.24) is 0 Å². The van der Waals surface area contributed by atoms with Crippen molar-refractivity contribution in [2.45, 2.75) is 31.5 Å². The minimum Gasteiger partial charge on any atom is -0.469 e. The zero-order valence-electron chi connectivity index (χ0n) is 13.2. The second-order valence-corrected chi connectivity index (χ2v) is 5.56. The van der Waals surface area contributed by atoms with Gasteiger partial charge in [-0.15, -0.1) is 0 Å². The van der Waals surface area contributed by atoms with Crippen molar-refractivity contribution in [1.29, 1.82) is 0 Å². The van der Waals surface area contributed by atoms with Crippen LogP contribution in [0, 0.1) is 5.92 Å². The van der Waals surface area contributed by atoms with Crippen LogP contribution in [-0.2, 0) is 19.0 Å². The lowest BCUT2D eigenvalue weighted by Gasteiger charge is -2.34. The number of hydrogen-bond acceptors (Lipinski definition) is 4. The molecular weight excluding hydrogens is 280 g/mol. The van der Waals surface area contributed by atoms with Crippen LogP contribution in [0.1, 0.15) is 24.8 Å². The molecule has 1 aliphatic heterocycles. The van der Waals surface area contributed by atoms with Gasteiger partial charge >= 0.3 is 5.97 Å². The summed E-state index contributed by atoms with van der Waals surface area (Å²) in [6, 6.07) is 10.1. The zero-order valence-corrected chi connectivity index (χ0v) is 13.2. The van der Waals surface area contributed by atoms with Crippen LogP contribution in [0.3, 0.4) is 0 Å². The van der Waals surface area contributed by atoms with E-state index < -0.39 is 0 Å². The van der Waals surface area contributed by atoms with Crippen molar-refractivity contribution < 1.29 is 19.0 Å². The van der Waals surface area contributed by atoms with E-state index in [1.165, 1.54) is 7.11 Å². The molecule has 0 saturated carbocycles. The number of esters is 1. The Hall–Kier alpha value is -1.65. The summed E-state index contributed by atoms with van der Waals surface area (Å²) in [4.78, 5) is 11.6. The third kappa shape index (κ3) is 4.97. The summed E-state index contributed by atoms with van der Waals surface area (Å²) in [5, 5.41) is 0. The van der Waals surface area contributed by atoms with Gasteiger partial charge in [0.2, 0.25) is 0 Å². The molecular formula is C18H24O4. The molecule has 2 rings (SSSR count). The van der Waals surface area contributed by atoms with Crippen LogP contribution in [0.15, 0.2) is 36.4 Å². The summed E-state index contributed by atoms with van der Waals surface area (Å²) in [7, 11) is 3.08. The van der Waals surface area contributed by atoms with Crippen molar-refractivity contribution in [2.75, 3.05) is 20.8 Å². The molecule has 1 aromatic carbocycles. The molecule has 1 saturated heterocycles. The van der Waals surface area contributed by atoms with E-state index in [4.69, 9.17) is 14.2 Å². The van der Waals surface area contributed by atoms with Gasteiger partial charge in [-0.3, -0.25) is 4.79 Å². The first-order chi connectivity index (χ1) is 10.7. The molecule has 0 amide bonds. The van der Waals surface area contributed by atoms with Crippen LogP contribution < -0.4 is 0 Å². The van der Waals surface area contributed by atoms with Crippen LogP contribution >= 0.6 is 0 Å². The number of ether oxygens (including phenoxy) is 3. The Morgan fingerprint density at radius 1 is 1.27 bits per heavy atom. The van der Waals surface area contributed by atoms with Gasteiger partial charge in [0.25, 0.3) is 0 Å². The van der Waals surface area contributed by atoms with E-state index >= 15 is 0 Å². The fourth-order valence-electron chi connectivity index (χ4n) is 2.76. The van der Waals surface area contributed by atoms with E-state index in [1.807, 2.05) is 18.2 Å². The van der Waals surface area contributed by atoms with E-state index in [9.17, 15) is 4.79 Å². The highest BCUT2D eigenvalue weighted by atomic mass is 16.5. The molecule has 3 atom stereocenters. The highest BCUT2D eigenvalue weighted by Crippen LogP contribution is 2.28. The van der Waals surface area contributed by atoms with E-state index in [-0.39, 0.29) is 30.5 Å². The maximum absolute atomic E-state index is 11.6. The minimum absolute atomic E-state index is 0.0305. The average Bonchev–Trinajstić information content (AvgIpc) is 2.56. The summed E-state index contributed by atoms with van der Waals surface area (Å²) >= 11 is 0. The maximum atomic E-state index is 11.6. The quantitative estimate of drug-likeness (QED) is 0.758. The number of benzene rings is 1. The van der Waals surface area contributed by atoms with E-state index in [0.717, 1.165) is 18.4 Å². The molecule has 4 heteroatoms. The Morgan fingerprint density at radius 3 is 2.73 bits per heavy atom. The molecule has 22 heavy (non-hydrogen) atoms. The molecule has 120 valence electrons. The third-order valence-electron chi connectivity index (χ3n) is 3.98. The average molecular weight is 304 g/mol. The Morgan fingerprint density at radius 2 is 2.05 bits per heavy atom. The second kappa shape index (κ2) is 8.71. The van der Waals surface area contributed by atoms with Gasteiger partial charge in [-0.05, 0) is 18.4 Å². The molecule has 0 spiro atoms. The summed E-state index contributed by atoms with van der Waals surface area (Å²) in [6.07, 6.45) is 6.22. The number of carbonyl (C=O) groups is 1. The van der Waals surface area contributed by atoms with Gasteiger partial charge in [-0.25, -0.2) is 0 Å². The highest BCUT2D eigenvalue weighted by Gasteiger charge is 2.32. The van der Waals surface area contributed by atoms with Gasteiger partial charge in [-0.1, -0.05) is 42.5 Å². The standard InChI is InChI=1S/C18H24O4/c1-20-13-15-9-11-16(22-17(15)12-18(19)21-2)10-8-14-6-4-3-5-7-14/h3-8,10,15-17H,9,11-13H2,1-2H3/b10-8+/t15-,16+,17+/m1/s1.